The molecule has 1 atom stereocenters. The van der Waals surface area contributed by atoms with Crippen molar-refractivity contribution >= 4 is 28.6 Å². The average Bonchev–Trinajstić information content (AvgIpc) is 3.39. The van der Waals surface area contributed by atoms with E-state index in [1.54, 1.807) is 0 Å². The number of fused-ring (bicyclic) bond motifs is 1. The molecule has 2 aromatic carbocycles. The van der Waals surface area contributed by atoms with E-state index in [0.717, 1.165) is 28.5 Å². The number of hydrogen-bond acceptors (Lipinski definition) is 5. The van der Waals surface area contributed by atoms with Gasteiger partial charge in [-0.3, -0.25) is 4.79 Å². The highest BCUT2D eigenvalue weighted by atomic mass is 32.2. The van der Waals surface area contributed by atoms with E-state index in [0.29, 0.717) is 11.1 Å². The number of hydrogen-bond donors (Lipinski definition) is 2. The number of thioether (sulfide) groups is 1. The van der Waals surface area contributed by atoms with Crippen molar-refractivity contribution in [2.75, 3.05) is 5.75 Å². The van der Waals surface area contributed by atoms with Gasteiger partial charge in [0.05, 0.1) is 17.4 Å². The summed E-state index contributed by atoms with van der Waals surface area (Å²) < 4.78 is 5.74. The summed E-state index contributed by atoms with van der Waals surface area (Å²) in [4.78, 5) is 15.5. The number of aromatic nitrogens is 3. The van der Waals surface area contributed by atoms with Crippen LogP contribution in [-0.4, -0.2) is 26.8 Å². The lowest BCUT2D eigenvalue weighted by Crippen LogP contribution is -2.28. The fourth-order valence-corrected chi connectivity index (χ4v) is 3.74. The first-order valence-electron chi connectivity index (χ1n) is 9.55. The van der Waals surface area contributed by atoms with Crippen LogP contribution < -0.4 is 5.32 Å². The Morgan fingerprint density at radius 1 is 1.17 bits per heavy atom. The van der Waals surface area contributed by atoms with Crippen molar-refractivity contribution in [2.45, 2.75) is 31.5 Å². The molecule has 6 nitrogen and oxygen atoms in total. The molecule has 0 unspecified atom stereocenters. The second-order valence-electron chi connectivity index (χ2n) is 6.79. The number of aromatic amines is 1. The quantitative estimate of drug-likeness (QED) is 0.433. The number of nitrogens with zero attached hydrogens (tertiary/aromatic N) is 2. The van der Waals surface area contributed by atoms with E-state index in [1.807, 2.05) is 37.4 Å². The van der Waals surface area contributed by atoms with Gasteiger partial charge in [-0.25, -0.2) is 0 Å². The number of benzene rings is 2. The first-order chi connectivity index (χ1) is 14.1. The Morgan fingerprint density at radius 3 is 2.76 bits per heavy atom. The van der Waals surface area contributed by atoms with Gasteiger partial charge in [0, 0.05) is 17.1 Å². The van der Waals surface area contributed by atoms with Crippen molar-refractivity contribution in [3.63, 3.8) is 0 Å². The zero-order valence-electron chi connectivity index (χ0n) is 16.3. The van der Waals surface area contributed by atoms with Crippen LogP contribution in [0.2, 0.25) is 0 Å². The summed E-state index contributed by atoms with van der Waals surface area (Å²) in [6.45, 7) is 4.10. The Kier molecular flexibility index (Phi) is 5.67. The molecule has 0 aliphatic heterocycles. The van der Waals surface area contributed by atoms with Crippen LogP contribution in [0.4, 0.5) is 0 Å². The maximum Gasteiger partial charge on any atom is 0.277 e. The van der Waals surface area contributed by atoms with Crippen molar-refractivity contribution < 1.29 is 9.21 Å². The zero-order valence-corrected chi connectivity index (χ0v) is 17.1. The minimum Gasteiger partial charge on any atom is -0.411 e. The summed E-state index contributed by atoms with van der Waals surface area (Å²) in [5.41, 5.74) is 4.23. The smallest absolute Gasteiger partial charge is 0.277 e. The minimum atomic E-state index is -0.0751. The molecule has 0 fully saturated rings. The molecule has 0 radical (unpaired) electrons. The molecule has 0 aliphatic rings. The number of carbonyl (C=O) groups excluding carboxylic acids is 1. The topological polar surface area (TPSA) is 83.8 Å². The van der Waals surface area contributed by atoms with Crippen LogP contribution >= 0.6 is 11.8 Å². The fraction of sp³-hybridized carbons (Fsp3) is 0.227. The Hall–Kier alpha value is -3.06. The molecule has 0 spiro atoms. The van der Waals surface area contributed by atoms with Crippen molar-refractivity contribution in [1.29, 1.82) is 0 Å². The van der Waals surface area contributed by atoms with Crippen LogP contribution in [0, 0.1) is 0 Å². The normalized spacial score (nSPS) is 12.2. The van der Waals surface area contributed by atoms with E-state index in [9.17, 15) is 4.79 Å². The third-order valence-corrected chi connectivity index (χ3v) is 5.64. The van der Waals surface area contributed by atoms with Crippen molar-refractivity contribution in [3.05, 3.63) is 65.9 Å². The largest absolute Gasteiger partial charge is 0.411 e. The molecule has 2 heterocycles. The van der Waals surface area contributed by atoms with Crippen molar-refractivity contribution in [2.24, 2.45) is 0 Å². The van der Waals surface area contributed by atoms with E-state index in [1.165, 1.54) is 17.3 Å². The van der Waals surface area contributed by atoms with Crippen LogP contribution in [0.25, 0.3) is 22.4 Å². The summed E-state index contributed by atoms with van der Waals surface area (Å²) in [7, 11) is 0. The Balaban J connectivity index is 1.35. The van der Waals surface area contributed by atoms with E-state index < -0.39 is 0 Å². The molecule has 29 heavy (non-hydrogen) atoms. The summed E-state index contributed by atoms with van der Waals surface area (Å²) in [5.74, 6) is 0.580. The SMILES string of the molecule is CCc1ccc([C@@H](C)NC(=O)CSc2nnc(-c3c[nH]c4ccccc34)o2)cc1. The molecule has 7 heteroatoms. The van der Waals surface area contributed by atoms with Gasteiger partial charge in [-0.2, -0.15) is 0 Å². The highest BCUT2D eigenvalue weighted by Gasteiger charge is 2.15. The summed E-state index contributed by atoms with van der Waals surface area (Å²) in [6, 6.07) is 16.2. The molecule has 4 rings (SSSR count). The predicted octanol–water partition coefficient (Wildman–Crippen LogP) is 4.75. The fourth-order valence-electron chi connectivity index (χ4n) is 3.16. The van der Waals surface area contributed by atoms with Gasteiger partial charge in [0.15, 0.2) is 0 Å². The molecule has 4 aromatic rings. The number of H-pyrrole nitrogens is 1. The van der Waals surface area contributed by atoms with Gasteiger partial charge in [-0.1, -0.05) is 61.2 Å². The number of carbonyl (C=O) groups is 1. The summed E-state index contributed by atoms with van der Waals surface area (Å²) in [6.07, 6.45) is 2.85. The Morgan fingerprint density at radius 2 is 1.97 bits per heavy atom. The van der Waals surface area contributed by atoms with Gasteiger partial charge in [-0.05, 0) is 30.5 Å². The molecule has 1 amide bonds. The van der Waals surface area contributed by atoms with E-state index in [-0.39, 0.29) is 17.7 Å². The summed E-state index contributed by atoms with van der Waals surface area (Å²) in [5, 5.41) is 12.6. The molecule has 0 aliphatic carbocycles. The number of para-hydroxylation sites is 1. The number of amides is 1. The monoisotopic (exact) mass is 406 g/mol. The molecule has 2 N–H and O–H groups in total. The van der Waals surface area contributed by atoms with Gasteiger partial charge in [0.2, 0.25) is 5.91 Å². The standard InChI is InChI=1S/C22H22N4O2S/c1-3-15-8-10-16(11-9-15)14(2)24-20(27)13-29-22-26-25-21(28-22)18-12-23-19-7-5-4-6-17(18)19/h4-12,14,23H,3,13H2,1-2H3,(H,24,27)/t14-/m1/s1. The maximum absolute atomic E-state index is 12.3. The lowest BCUT2D eigenvalue weighted by molar-refractivity contribution is -0.119. The van der Waals surface area contributed by atoms with Crippen LogP contribution in [0.15, 0.2) is 64.4 Å². The second-order valence-corrected chi connectivity index (χ2v) is 7.72. The van der Waals surface area contributed by atoms with Crippen LogP contribution in [0.3, 0.4) is 0 Å². The third-order valence-electron chi connectivity index (χ3n) is 4.82. The van der Waals surface area contributed by atoms with Gasteiger partial charge in [0.1, 0.15) is 0 Å². The molecule has 0 bridgehead atoms. The molecular formula is C22H22N4O2S. The summed E-state index contributed by atoms with van der Waals surface area (Å²) >= 11 is 1.23. The highest BCUT2D eigenvalue weighted by molar-refractivity contribution is 7.99. The Bertz CT molecular complexity index is 1120. The van der Waals surface area contributed by atoms with E-state index in [4.69, 9.17) is 4.42 Å². The zero-order chi connectivity index (χ0) is 20.2. The van der Waals surface area contributed by atoms with Gasteiger partial charge < -0.3 is 14.7 Å². The first-order valence-corrected chi connectivity index (χ1v) is 10.5. The van der Waals surface area contributed by atoms with Crippen molar-refractivity contribution in [3.8, 4) is 11.5 Å². The van der Waals surface area contributed by atoms with Crippen LogP contribution in [0.1, 0.15) is 31.0 Å². The van der Waals surface area contributed by atoms with Gasteiger partial charge in [0.25, 0.3) is 11.1 Å². The molecule has 148 valence electrons. The molecule has 0 saturated heterocycles. The van der Waals surface area contributed by atoms with Gasteiger partial charge >= 0.3 is 0 Å². The second kappa shape index (κ2) is 8.53. The molecule has 2 aromatic heterocycles. The highest BCUT2D eigenvalue weighted by Crippen LogP contribution is 2.29. The lowest BCUT2D eigenvalue weighted by atomic mass is 10.1. The van der Waals surface area contributed by atoms with E-state index in [2.05, 4.69) is 51.7 Å². The van der Waals surface area contributed by atoms with Crippen LogP contribution in [-0.2, 0) is 11.2 Å². The lowest BCUT2D eigenvalue weighted by Gasteiger charge is -2.14. The number of nitrogens with one attached hydrogen (secondary N) is 2. The number of rotatable bonds is 7. The molecular weight excluding hydrogens is 384 g/mol. The number of aryl methyl sites for hydroxylation is 1. The maximum atomic E-state index is 12.3. The first kappa shape index (κ1) is 19.3. The van der Waals surface area contributed by atoms with E-state index >= 15 is 0 Å². The third kappa shape index (κ3) is 4.35. The van der Waals surface area contributed by atoms with Crippen LogP contribution in [0.5, 0.6) is 0 Å². The Labute approximate surface area is 173 Å². The average molecular weight is 407 g/mol. The van der Waals surface area contributed by atoms with Crippen molar-refractivity contribution in [1.82, 2.24) is 20.5 Å². The minimum absolute atomic E-state index is 0.0570. The predicted molar refractivity (Wildman–Crippen MR) is 115 cm³/mol. The molecule has 0 saturated carbocycles. The van der Waals surface area contributed by atoms with Gasteiger partial charge in [-0.15, -0.1) is 10.2 Å².